The van der Waals surface area contributed by atoms with Crippen LogP contribution in [-0.2, 0) is 6.54 Å². The van der Waals surface area contributed by atoms with Crippen molar-refractivity contribution in [3.63, 3.8) is 0 Å². The highest BCUT2D eigenvalue weighted by atomic mass is 35.5. The Morgan fingerprint density at radius 3 is 2.27 bits per heavy atom. The lowest BCUT2D eigenvalue weighted by molar-refractivity contribution is 0.145. The Labute approximate surface area is 244 Å². The minimum absolute atomic E-state index is 0.280. The van der Waals surface area contributed by atoms with Crippen LogP contribution in [-0.4, -0.2) is 87.9 Å². The fraction of sp³-hybridized carbons (Fsp3) is 0.483. The number of hydrogen-bond acceptors (Lipinski definition) is 8. The summed E-state index contributed by atoms with van der Waals surface area (Å²) in [5.41, 5.74) is 2.47. The molecule has 2 aliphatic heterocycles. The molecule has 2 aliphatic rings. The number of hydrogen-bond donors (Lipinski definition) is 1. The molecule has 1 atom stereocenters. The Hall–Kier alpha value is -2.56. The fourth-order valence-electron chi connectivity index (χ4n) is 5.06. The number of ether oxygens (including phenoxy) is 1. The summed E-state index contributed by atoms with van der Waals surface area (Å²) in [6, 6.07) is 9.22. The van der Waals surface area contributed by atoms with Gasteiger partial charge in [0.25, 0.3) is 0 Å². The molecule has 0 amide bonds. The minimum atomic E-state index is -0.723. The van der Waals surface area contributed by atoms with Gasteiger partial charge in [-0.05, 0) is 56.0 Å². The average molecular weight is 590 g/mol. The molecule has 1 unspecified atom stereocenters. The molecule has 3 aromatic rings. The first-order valence-electron chi connectivity index (χ1n) is 13.8. The molecule has 8 nitrogen and oxygen atoms in total. The number of pyridine rings is 1. The summed E-state index contributed by atoms with van der Waals surface area (Å²) in [6.07, 6.45) is 4.20. The lowest BCUT2D eigenvalue weighted by Gasteiger charge is -2.34. The molecule has 0 bridgehead atoms. The van der Waals surface area contributed by atoms with Crippen molar-refractivity contribution >= 4 is 29.2 Å². The van der Waals surface area contributed by atoms with Crippen LogP contribution in [0, 0.1) is 0 Å². The van der Waals surface area contributed by atoms with Crippen molar-refractivity contribution in [1.29, 1.82) is 0 Å². The van der Waals surface area contributed by atoms with Gasteiger partial charge in [-0.2, -0.15) is 0 Å². The van der Waals surface area contributed by atoms with Gasteiger partial charge in [-0.15, -0.1) is 0 Å². The predicted octanol–water partition coefficient (Wildman–Crippen LogP) is 5.46. The number of likely N-dealkylation sites (tertiary alicyclic amines) is 1. The molecule has 4 heterocycles. The van der Waals surface area contributed by atoms with Crippen LogP contribution in [0.5, 0.6) is 11.6 Å². The zero-order valence-electron chi connectivity index (χ0n) is 22.6. The highest BCUT2D eigenvalue weighted by Gasteiger charge is 2.21. The highest BCUT2D eigenvalue weighted by molar-refractivity contribution is 6.35. The van der Waals surface area contributed by atoms with Crippen molar-refractivity contribution in [2.75, 3.05) is 50.7 Å². The monoisotopic (exact) mass is 588 g/mol. The van der Waals surface area contributed by atoms with Crippen LogP contribution in [0.15, 0.2) is 42.7 Å². The number of aliphatic hydroxyl groups is 1. The molecule has 0 radical (unpaired) electrons. The molecule has 0 spiro atoms. The fourth-order valence-corrected chi connectivity index (χ4v) is 5.58. The average Bonchev–Trinajstić information content (AvgIpc) is 2.93. The molecule has 2 saturated heterocycles. The van der Waals surface area contributed by atoms with E-state index in [0.717, 1.165) is 50.3 Å². The van der Waals surface area contributed by atoms with Crippen LogP contribution in [0.1, 0.15) is 31.7 Å². The van der Waals surface area contributed by atoms with Gasteiger partial charge in [0.2, 0.25) is 11.8 Å². The first kappa shape index (κ1) is 29.0. The van der Waals surface area contributed by atoms with E-state index in [0.29, 0.717) is 65.8 Å². The molecule has 0 saturated carbocycles. The topological polar surface area (TPSA) is 77.9 Å². The van der Waals surface area contributed by atoms with E-state index in [1.807, 2.05) is 31.2 Å². The largest absolute Gasteiger partial charge is 0.436 e. The molecular formula is C29H35Cl2FN6O2. The van der Waals surface area contributed by atoms with E-state index >= 15 is 0 Å². The summed E-state index contributed by atoms with van der Waals surface area (Å²) < 4.78 is 19.8. The Kier molecular flexibility index (Phi) is 9.70. The zero-order chi connectivity index (χ0) is 28.1. The highest BCUT2D eigenvalue weighted by Crippen LogP contribution is 2.30. The van der Waals surface area contributed by atoms with Crippen LogP contribution in [0.2, 0.25) is 10.0 Å². The van der Waals surface area contributed by atoms with E-state index in [9.17, 15) is 9.50 Å². The predicted molar refractivity (Wildman–Crippen MR) is 156 cm³/mol. The molecule has 5 rings (SSSR count). The first-order valence-corrected chi connectivity index (χ1v) is 14.6. The molecule has 40 heavy (non-hydrogen) atoms. The van der Waals surface area contributed by atoms with Crippen molar-refractivity contribution in [2.24, 2.45) is 0 Å². The number of alkyl halides is 1. The van der Waals surface area contributed by atoms with Gasteiger partial charge in [-0.25, -0.2) is 19.3 Å². The second-order valence-corrected chi connectivity index (χ2v) is 11.5. The number of anilines is 1. The van der Waals surface area contributed by atoms with Gasteiger partial charge in [-0.1, -0.05) is 23.2 Å². The maximum absolute atomic E-state index is 13.7. The van der Waals surface area contributed by atoms with Crippen molar-refractivity contribution < 1.29 is 14.2 Å². The van der Waals surface area contributed by atoms with E-state index < -0.39 is 6.17 Å². The van der Waals surface area contributed by atoms with Gasteiger partial charge in [0, 0.05) is 74.0 Å². The molecule has 11 heteroatoms. The second kappa shape index (κ2) is 13.4. The van der Waals surface area contributed by atoms with E-state index in [4.69, 9.17) is 32.9 Å². The molecule has 214 valence electrons. The Bertz CT molecular complexity index is 1250. The van der Waals surface area contributed by atoms with E-state index in [2.05, 4.69) is 24.7 Å². The minimum Gasteiger partial charge on any atom is -0.436 e. The Morgan fingerprint density at radius 1 is 0.950 bits per heavy atom. The van der Waals surface area contributed by atoms with Gasteiger partial charge in [-0.3, -0.25) is 9.80 Å². The lowest BCUT2D eigenvalue weighted by Crippen LogP contribution is -2.47. The number of aromatic nitrogens is 3. The maximum atomic E-state index is 13.7. The third-order valence-electron chi connectivity index (χ3n) is 7.30. The van der Waals surface area contributed by atoms with Crippen molar-refractivity contribution in [2.45, 2.75) is 45.0 Å². The van der Waals surface area contributed by atoms with Crippen LogP contribution in [0.4, 0.5) is 10.3 Å². The number of nitrogens with zero attached hydrogens (tertiary/aromatic N) is 6. The van der Waals surface area contributed by atoms with E-state index in [-0.39, 0.29) is 6.10 Å². The third kappa shape index (κ3) is 8.01. The summed E-state index contributed by atoms with van der Waals surface area (Å²) in [7, 11) is 0. The van der Waals surface area contributed by atoms with Crippen molar-refractivity contribution in [3.05, 3.63) is 58.3 Å². The zero-order valence-corrected chi connectivity index (χ0v) is 24.2. The van der Waals surface area contributed by atoms with Gasteiger partial charge < -0.3 is 14.7 Å². The number of piperazine rings is 1. The number of rotatable bonds is 9. The summed E-state index contributed by atoms with van der Waals surface area (Å²) in [5.74, 6) is 1.55. The second-order valence-electron chi connectivity index (χ2n) is 10.6. The molecule has 1 N–H and O–H groups in total. The van der Waals surface area contributed by atoms with Gasteiger partial charge in [0.15, 0.2) is 5.75 Å². The first-order chi connectivity index (χ1) is 19.3. The number of halogens is 3. The lowest BCUT2D eigenvalue weighted by atomic mass is 10.1. The maximum Gasteiger partial charge on any atom is 0.225 e. The Morgan fingerprint density at radius 2 is 1.62 bits per heavy atom. The molecule has 0 aliphatic carbocycles. The van der Waals surface area contributed by atoms with Crippen molar-refractivity contribution in [1.82, 2.24) is 24.8 Å². The molecular weight excluding hydrogens is 554 g/mol. The van der Waals surface area contributed by atoms with Gasteiger partial charge in [0.1, 0.15) is 6.17 Å². The number of benzene rings is 1. The Balaban J connectivity index is 1.30. The van der Waals surface area contributed by atoms with Crippen LogP contribution >= 0.6 is 23.2 Å². The van der Waals surface area contributed by atoms with Crippen LogP contribution in [0.25, 0.3) is 11.3 Å². The van der Waals surface area contributed by atoms with Gasteiger partial charge >= 0.3 is 0 Å². The summed E-state index contributed by atoms with van der Waals surface area (Å²) in [6.45, 7) is 8.26. The smallest absolute Gasteiger partial charge is 0.225 e. The van der Waals surface area contributed by atoms with Gasteiger partial charge in [0.05, 0.1) is 24.2 Å². The molecule has 2 aromatic heterocycles. The normalized spacial score (nSPS) is 18.2. The number of aliphatic hydroxyl groups excluding tert-OH is 1. The van der Waals surface area contributed by atoms with E-state index in [1.54, 1.807) is 18.5 Å². The summed E-state index contributed by atoms with van der Waals surface area (Å²) >= 11 is 12.5. The SMILES string of the molecule is CC(O)CCN1CCN(c2ncc(Oc3cc(CN4CCC(F)CC4)cc(-c4cc(Cl)cc(Cl)c4)n3)cn2)CC1. The quantitative estimate of drug-likeness (QED) is 0.353. The van der Waals surface area contributed by atoms with Crippen LogP contribution < -0.4 is 9.64 Å². The summed E-state index contributed by atoms with van der Waals surface area (Å²) in [4.78, 5) is 20.6. The molecule has 1 aromatic carbocycles. The standard InChI is InChI=1S/C29H35Cl2FN6O2/c1-20(39)2-5-36-8-10-38(11-9-36)29-33-17-26(18-34-29)40-28-13-21(19-37-6-3-25(32)4-7-37)12-27(35-28)22-14-23(30)16-24(31)15-22/h12-18,20,25,39H,2-11,19H2,1H3. The molecule has 2 fully saturated rings. The third-order valence-corrected chi connectivity index (χ3v) is 7.73. The number of piperidine rings is 1. The van der Waals surface area contributed by atoms with Crippen molar-refractivity contribution in [3.8, 4) is 22.9 Å². The van der Waals surface area contributed by atoms with Crippen LogP contribution in [0.3, 0.4) is 0 Å². The summed E-state index contributed by atoms with van der Waals surface area (Å²) in [5, 5.41) is 10.6. The van der Waals surface area contributed by atoms with E-state index in [1.165, 1.54) is 0 Å².